The Balaban J connectivity index is 2.48. The molecule has 0 spiro atoms. The molecule has 0 atom stereocenters. The lowest BCUT2D eigenvalue weighted by molar-refractivity contribution is -0.119. The van der Waals surface area contributed by atoms with Crippen LogP contribution in [0, 0.1) is 0 Å². The second-order valence-electron chi connectivity index (χ2n) is 3.41. The van der Waals surface area contributed by atoms with E-state index in [4.69, 9.17) is 0 Å². The second kappa shape index (κ2) is 6.76. The van der Waals surface area contributed by atoms with E-state index in [1.165, 1.54) is 6.92 Å². The Hall–Kier alpha value is -0.880. The molecule has 0 saturated carbocycles. The van der Waals surface area contributed by atoms with Crippen molar-refractivity contribution in [3.63, 3.8) is 0 Å². The van der Waals surface area contributed by atoms with Gasteiger partial charge in [-0.3, -0.25) is 9.59 Å². The highest BCUT2D eigenvalue weighted by Gasteiger charge is 2.05. The lowest BCUT2D eigenvalue weighted by Gasteiger charge is -2.07. The fourth-order valence-corrected chi connectivity index (χ4v) is 2.30. The van der Waals surface area contributed by atoms with E-state index in [2.05, 4.69) is 42.5 Å². The summed E-state index contributed by atoms with van der Waals surface area (Å²) in [5.74, 6) is -0.274. The Morgan fingerprint density at radius 2 is 2.00 bits per heavy atom. The number of hydrogen-bond donors (Lipinski definition) is 2. The van der Waals surface area contributed by atoms with Crippen molar-refractivity contribution in [2.45, 2.75) is 13.3 Å². The molecule has 0 unspecified atom stereocenters. The maximum absolute atomic E-state index is 11.5. The molecule has 1 aromatic rings. The maximum atomic E-state index is 11.5. The number of nitrogens with one attached hydrogen (secondary N) is 2. The Kier molecular flexibility index (Phi) is 5.64. The molecule has 0 aromatic heterocycles. The molecule has 92 valence electrons. The minimum atomic E-state index is -0.137. The van der Waals surface area contributed by atoms with Gasteiger partial charge in [-0.1, -0.05) is 15.9 Å². The molecule has 1 rings (SSSR count). The van der Waals surface area contributed by atoms with Gasteiger partial charge in [0.2, 0.25) is 11.8 Å². The molecule has 17 heavy (non-hydrogen) atoms. The molecule has 0 aliphatic rings. The minimum absolute atomic E-state index is 0.136. The third kappa shape index (κ3) is 5.32. The molecule has 0 aliphatic heterocycles. The minimum Gasteiger partial charge on any atom is -0.356 e. The molecule has 6 heteroatoms. The summed E-state index contributed by atoms with van der Waals surface area (Å²) in [4.78, 5) is 22.2. The molecule has 2 N–H and O–H groups in total. The van der Waals surface area contributed by atoms with Crippen molar-refractivity contribution in [1.29, 1.82) is 0 Å². The number of carbonyl (C=O) groups excluding carboxylic acids is 2. The monoisotopic (exact) mass is 362 g/mol. The van der Waals surface area contributed by atoms with Gasteiger partial charge in [-0.05, 0) is 34.1 Å². The van der Waals surface area contributed by atoms with Crippen LogP contribution in [0.3, 0.4) is 0 Å². The largest absolute Gasteiger partial charge is 0.356 e. The predicted molar refractivity (Wildman–Crippen MR) is 73.8 cm³/mol. The Morgan fingerprint density at radius 1 is 1.29 bits per heavy atom. The van der Waals surface area contributed by atoms with Gasteiger partial charge in [-0.15, -0.1) is 0 Å². The zero-order chi connectivity index (χ0) is 12.8. The quantitative estimate of drug-likeness (QED) is 0.863. The number of carbonyl (C=O) groups is 2. The van der Waals surface area contributed by atoms with Gasteiger partial charge in [-0.2, -0.15) is 0 Å². The van der Waals surface area contributed by atoms with Gasteiger partial charge in [-0.25, -0.2) is 0 Å². The molecular formula is C11H12Br2N2O2. The van der Waals surface area contributed by atoms with E-state index >= 15 is 0 Å². The van der Waals surface area contributed by atoms with Crippen molar-refractivity contribution < 1.29 is 9.59 Å². The van der Waals surface area contributed by atoms with Crippen molar-refractivity contribution in [2.75, 3.05) is 11.9 Å². The summed E-state index contributed by atoms with van der Waals surface area (Å²) < 4.78 is 1.74. The van der Waals surface area contributed by atoms with Crippen LogP contribution in [-0.2, 0) is 9.59 Å². The zero-order valence-corrected chi connectivity index (χ0v) is 12.4. The average molecular weight is 364 g/mol. The fraction of sp³-hybridized carbons (Fsp3) is 0.273. The smallest absolute Gasteiger partial charge is 0.226 e. The molecular weight excluding hydrogens is 352 g/mol. The maximum Gasteiger partial charge on any atom is 0.226 e. The molecule has 4 nitrogen and oxygen atoms in total. The predicted octanol–water partition coefficient (Wildman–Crippen LogP) is 2.68. The summed E-state index contributed by atoms with van der Waals surface area (Å²) in [6.07, 6.45) is 0.252. The SMILES string of the molecule is CC(=O)NCCC(=O)Nc1ccc(Br)cc1Br. The molecule has 0 radical (unpaired) electrons. The lowest BCUT2D eigenvalue weighted by atomic mass is 10.3. The number of halogens is 2. The van der Waals surface area contributed by atoms with Crippen molar-refractivity contribution >= 4 is 49.4 Å². The molecule has 0 heterocycles. The van der Waals surface area contributed by atoms with Gasteiger partial charge in [0.25, 0.3) is 0 Å². The van der Waals surface area contributed by atoms with Crippen LogP contribution in [0.5, 0.6) is 0 Å². The Morgan fingerprint density at radius 3 is 2.59 bits per heavy atom. The topological polar surface area (TPSA) is 58.2 Å². The lowest BCUT2D eigenvalue weighted by Crippen LogP contribution is -2.25. The van der Waals surface area contributed by atoms with Crippen LogP contribution in [0.15, 0.2) is 27.1 Å². The van der Waals surface area contributed by atoms with Crippen molar-refractivity contribution in [1.82, 2.24) is 5.32 Å². The third-order valence-electron chi connectivity index (χ3n) is 1.93. The van der Waals surface area contributed by atoms with E-state index in [9.17, 15) is 9.59 Å². The first kappa shape index (κ1) is 14.2. The van der Waals surface area contributed by atoms with Crippen LogP contribution in [-0.4, -0.2) is 18.4 Å². The third-order valence-corrected chi connectivity index (χ3v) is 3.08. The summed E-state index contributed by atoms with van der Waals surface area (Å²) in [6, 6.07) is 5.49. The molecule has 0 saturated heterocycles. The van der Waals surface area contributed by atoms with Crippen LogP contribution >= 0.6 is 31.9 Å². The van der Waals surface area contributed by atoms with E-state index in [1.807, 2.05) is 12.1 Å². The van der Waals surface area contributed by atoms with Crippen molar-refractivity contribution in [3.05, 3.63) is 27.1 Å². The second-order valence-corrected chi connectivity index (χ2v) is 5.18. The first-order valence-electron chi connectivity index (χ1n) is 4.98. The average Bonchev–Trinajstić information content (AvgIpc) is 2.21. The Labute approximate surface area is 116 Å². The Bertz CT molecular complexity index is 435. The highest BCUT2D eigenvalue weighted by molar-refractivity contribution is 9.11. The van der Waals surface area contributed by atoms with E-state index in [0.717, 1.165) is 8.95 Å². The van der Waals surface area contributed by atoms with Crippen LogP contribution in [0.25, 0.3) is 0 Å². The van der Waals surface area contributed by atoms with Gasteiger partial charge in [0.05, 0.1) is 5.69 Å². The normalized spacial score (nSPS) is 9.82. The van der Waals surface area contributed by atoms with Crippen LogP contribution in [0.2, 0.25) is 0 Å². The van der Waals surface area contributed by atoms with E-state index in [-0.39, 0.29) is 18.2 Å². The summed E-state index contributed by atoms with van der Waals surface area (Å²) in [5.41, 5.74) is 0.709. The van der Waals surface area contributed by atoms with Gasteiger partial charge < -0.3 is 10.6 Å². The highest BCUT2D eigenvalue weighted by atomic mass is 79.9. The van der Waals surface area contributed by atoms with E-state index in [0.29, 0.717) is 12.2 Å². The van der Waals surface area contributed by atoms with Crippen molar-refractivity contribution in [3.8, 4) is 0 Å². The molecule has 0 fully saturated rings. The van der Waals surface area contributed by atoms with Gasteiger partial charge in [0.1, 0.15) is 0 Å². The van der Waals surface area contributed by atoms with Gasteiger partial charge >= 0.3 is 0 Å². The standard InChI is InChI=1S/C11H12Br2N2O2/c1-7(16)14-5-4-11(17)15-10-3-2-8(12)6-9(10)13/h2-3,6H,4-5H2,1H3,(H,14,16)(H,15,17). The zero-order valence-electron chi connectivity index (χ0n) is 9.22. The number of rotatable bonds is 4. The summed E-state index contributed by atoms with van der Waals surface area (Å²) in [7, 11) is 0. The summed E-state index contributed by atoms with van der Waals surface area (Å²) >= 11 is 6.68. The van der Waals surface area contributed by atoms with Crippen LogP contribution < -0.4 is 10.6 Å². The van der Waals surface area contributed by atoms with E-state index in [1.54, 1.807) is 6.07 Å². The van der Waals surface area contributed by atoms with Gasteiger partial charge in [0.15, 0.2) is 0 Å². The first-order valence-corrected chi connectivity index (χ1v) is 6.57. The van der Waals surface area contributed by atoms with Crippen LogP contribution in [0.4, 0.5) is 5.69 Å². The van der Waals surface area contributed by atoms with E-state index < -0.39 is 0 Å². The number of anilines is 1. The number of amides is 2. The van der Waals surface area contributed by atoms with Crippen molar-refractivity contribution in [2.24, 2.45) is 0 Å². The first-order chi connectivity index (χ1) is 7.99. The summed E-state index contributed by atoms with van der Waals surface area (Å²) in [5, 5.41) is 5.32. The molecule has 1 aromatic carbocycles. The highest BCUT2D eigenvalue weighted by Crippen LogP contribution is 2.26. The molecule has 2 amide bonds. The fourth-order valence-electron chi connectivity index (χ4n) is 1.16. The van der Waals surface area contributed by atoms with Crippen LogP contribution in [0.1, 0.15) is 13.3 Å². The summed E-state index contributed by atoms with van der Waals surface area (Å²) in [6.45, 7) is 1.76. The molecule has 0 bridgehead atoms. The molecule has 0 aliphatic carbocycles. The number of hydrogen-bond acceptors (Lipinski definition) is 2. The van der Waals surface area contributed by atoms with Gasteiger partial charge in [0, 0.05) is 28.8 Å². The number of benzene rings is 1.